The zero-order valence-electron chi connectivity index (χ0n) is 8.87. The molecule has 16 heavy (non-hydrogen) atoms. The monoisotopic (exact) mass is 269 g/mol. The third-order valence-electron chi connectivity index (χ3n) is 2.20. The van der Waals surface area contributed by atoms with E-state index in [1.807, 2.05) is 30.0 Å². The summed E-state index contributed by atoms with van der Waals surface area (Å²) in [5.74, 6) is 0.960. The van der Waals surface area contributed by atoms with E-state index in [1.54, 1.807) is 11.3 Å². The highest BCUT2D eigenvalue weighted by Gasteiger charge is 2.02. The van der Waals surface area contributed by atoms with E-state index in [0.29, 0.717) is 0 Å². The molecule has 0 saturated heterocycles. The minimum absolute atomic E-state index is 0.820. The zero-order chi connectivity index (χ0) is 11.5. The summed E-state index contributed by atoms with van der Waals surface area (Å²) in [4.78, 5) is 2.57. The molecular formula is C12H12ClNS2. The number of benzene rings is 1. The van der Waals surface area contributed by atoms with Crippen molar-refractivity contribution in [2.75, 3.05) is 5.73 Å². The van der Waals surface area contributed by atoms with E-state index in [4.69, 9.17) is 17.3 Å². The number of nitrogen functional groups attached to an aromatic ring is 1. The highest BCUT2D eigenvalue weighted by atomic mass is 35.5. The maximum Gasteiger partial charge on any atom is 0.0931 e. The van der Waals surface area contributed by atoms with E-state index in [9.17, 15) is 0 Å². The van der Waals surface area contributed by atoms with E-state index in [-0.39, 0.29) is 0 Å². The van der Waals surface area contributed by atoms with E-state index in [0.717, 1.165) is 15.8 Å². The van der Waals surface area contributed by atoms with Crippen molar-refractivity contribution < 1.29 is 0 Å². The van der Waals surface area contributed by atoms with Crippen molar-refractivity contribution in [1.29, 1.82) is 0 Å². The number of nitrogens with two attached hydrogens (primary N) is 1. The van der Waals surface area contributed by atoms with Crippen LogP contribution < -0.4 is 5.73 Å². The number of thiophene rings is 1. The van der Waals surface area contributed by atoms with Crippen LogP contribution in [0.4, 0.5) is 5.69 Å². The third-order valence-corrected chi connectivity index (χ3v) is 4.84. The largest absolute Gasteiger partial charge is 0.399 e. The van der Waals surface area contributed by atoms with Crippen LogP contribution in [0.2, 0.25) is 4.34 Å². The van der Waals surface area contributed by atoms with Gasteiger partial charge >= 0.3 is 0 Å². The summed E-state index contributed by atoms with van der Waals surface area (Å²) < 4.78 is 0.852. The lowest BCUT2D eigenvalue weighted by atomic mass is 10.2. The van der Waals surface area contributed by atoms with Crippen molar-refractivity contribution in [3.8, 4) is 0 Å². The highest BCUT2D eigenvalue weighted by molar-refractivity contribution is 7.98. The predicted octanol–water partition coefficient (Wildman–Crippen LogP) is 4.58. The lowest BCUT2D eigenvalue weighted by molar-refractivity contribution is 1.30. The first-order valence-electron chi connectivity index (χ1n) is 4.88. The second-order valence-corrected chi connectivity index (χ2v) is 6.34. The molecule has 2 rings (SSSR count). The summed E-state index contributed by atoms with van der Waals surface area (Å²) in [6.45, 7) is 2.08. The van der Waals surface area contributed by atoms with Crippen molar-refractivity contribution in [3.63, 3.8) is 0 Å². The average Bonchev–Trinajstić information content (AvgIpc) is 2.63. The summed E-state index contributed by atoms with van der Waals surface area (Å²) in [6.07, 6.45) is 0. The molecule has 0 saturated carbocycles. The molecule has 0 aliphatic heterocycles. The van der Waals surface area contributed by atoms with E-state index >= 15 is 0 Å². The third kappa shape index (κ3) is 2.94. The molecule has 2 aromatic rings. The van der Waals surface area contributed by atoms with Crippen LogP contribution in [0.5, 0.6) is 0 Å². The van der Waals surface area contributed by atoms with Gasteiger partial charge in [-0.1, -0.05) is 11.6 Å². The highest BCUT2D eigenvalue weighted by Crippen LogP contribution is 2.31. The summed E-state index contributed by atoms with van der Waals surface area (Å²) in [5, 5.41) is 0. The first-order valence-corrected chi connectivity index (χ1v) is 7.06. The fourth-order valence-corrected chi connectivity index (χ4v) is 3.55. The normalized spacial score (nSPS) is 10.6. The van der Waals surface area contributed by atoms with Gasteiger partial charge < -0.3 is 5.73 Å². The van der Waals surface area contributed by atoms with Gasteiger partial charge in [-0.2, -0.15) is 0 Å². The van der Waals surface area contributed by atoms with Crippen LogP contribution in [0.1, 0.15) is 10.4 Å². The summed E-state index contributed by atoms with van der Waals surface area (Å²) in [7, 11) is 0. The Morgan fingerprint density at radius 3 is 2.75 bits per heavy atom. The molecule has 0 atom stereocenters. The molecule has 1 aromatic heterocycles. The molecule has 2 N–H and O–H groups in total. The maximum absolute atomic E-state index is 5.89. The summed E-state index contributed by atoms with van der Waals surface area (Å²) >= 11 is 9.34. The van der Waals surface area contributed by atoms with Gasteiger partial charge in [0.05, 0.1) is 4.34 Å². The topological polar surface area (TPSA) is 26.0 Å². The van der Waals surface area contributed by atoms with Gasteiger partial charge in [-0.3, -0.25) is 0 Å². The number of halogens is 1. The zero-order valence-corrected chi connectivity index (χ0v) is 11.3. The van der Waals surface area contributed by atoms with Gasteiger partial charge in [0.2, 0.25) is 0 Å². The average molecular weight is 270 g/mol. The fourth-order valence-electron chi connectivity index (χ4n) is 1.41. The van der Waals surface area contributed by atoms with Gasteiger partial charge in [0, 0.05) is 21.2 Å². The first kappa shape index (κ1) is 11.8. The SMILES string of the molecule is Cc1cc(N)ccc1SCc1ccc(Cl)s1. The van der Waals surface area contributed by atoms with Gasteiger partial charge in [-0.05, 0) is 42.8 Å². The number of thioether (sulfide) groups is 1. The Labute approximate surface area is 109 Å². The number of rotatable bonds is 3. The molecule has 0 fully saturated rings. The Kier molecular flexibility index (Phi) is 3.79. The van der Waals surface area contributed by atoms with Crippen LogP contribution in [0.25, 0.3) is 0 Å². The van der Waals surface area contributed by atoms with E-state index in [1.165, 1.54) is 15.3 Å². The molecule has 0 aliphatic rings. The molecule has 84 valence electrons. The van der Waals surface area contributed by atoms with Gasteiger partial charge in [-0.15, -0.1) is 23.1 Å². The van der Waals surface area contributed by atoms with Crippen molar-refractivity contribution in [2.24, 2.45) is 0 Å². The predicted molar refractivity (Wildman–Crippen MR) is 74.5 cm³/mol. The van der Waals surface area contributed by atoms with Crippen LogP contribution in [0.15, 0.2) is 35.2 Å². The van der Waals surface area contributed by atoms with Crippen molar-refractivity contribution in [2.45, 2.75) is 17.6 Å². The minimum Gasteiger partial charge on any atom is -0.399 e. The molecule has 0 bridgehead atoms. The van der Waals surface area contributed by atoms with Crippen LogP contribution in [0.3, 0.4) is 0 Å². The second kappa shape index (κ2) is 5.13. The standard InChI is InChI=1S/C12H12ClNS2/c1-8-6-9(14)2-4-11(8)15-7-10-3-5-12(13)16-10/h2-6H,7,14H2,1H3. The Morgan fingerprint density at radius 1 is 1.31 bits per heavy atom. The smallest absolute Gasteiger partial charge is 0.0931 e. The Bertz CT molecular complexity index is 494. The van der Waals surface area contributed by atoms with Gasteiger partial charge in [0.15, 0.2) is 0 Å². The quantitative estimate of drug-likeness (QED) is 0.652. The lowest BCUT2D eigenvalue weighted by Crippen LogP contribution is -1.87. The van der Waals surface area contributed by atoms with Crippen LogP contribution in [-0.4, -0.2) is 0 Å². The van der Waals surface area contributed by atoms with Gasteiger partial charge in [-0.25, -0.2) is 0 Å². The number of aryl methyl sites for hydroxylation is 1. The lowest BCUT2D eigenvalue weighted by Gasteiger charge is -2.05. The molecule has 0 radical (unpaired) electrons. The molecule has 1 aromatic carbocycles. The summed E-state index contributed by atoms with van der Waals surface area (Å²) in [5.41, 5.74) is 7.76. The van der Waals surface area contributed by atoms with Gasteiger partial charge in [0.1, 0.15) is 0 Å². The van der Waals surface area contributed by atoms with Crippen LogP contribution in [-0.2, 0) is 5.75 Å². The number of anilines is 1. The molecule has 1 heterocycles. The second-order valence-electron chi connectivity index (χ2n) is 3.52. The van der Waals surface area contributed by atoms with Crippen LogP contribution >= 0.6 is 34.7 Å². The molecule has 0 amide bonds. The number of hydrogen-bond acceptors (Lipinski definition) is 3. The minimum atomic E-state index is 0.820. The number of hydrogen-bond donors (Lipinski definition) is 1. The molecule has 4 heteroatoms. The Morgan fingerprint density at radius 2 is 2.12 bits per heavy atom. The Balaban J connectivity index is 2.04. The van der Waals surface area contributed by atoms with E-state index in [2.05, 4.69) is 19.1 Å². The van der Waals surface area contributed by atoms with E-state index < -0.39 is 0 Å². The Hall–Kier alpha value is -0.640. The van der Waals surface area contributed by atoms with Crippen LogP contribution in [0, 0.1) is 6.92 Å². The van der Waals surface area contributed by atoms with Crippen molar-refractivity contribution in [3.05, 3.63) is 45.1 Å². The van der Waals surface area contributed by atoms with Gasteiger partial charge in [0.25, 0.3) is 0 Å². The molecule has 1 nitrogen and oxygen atoms in total. The molecule has 0 aliphatic carbocycles. The maximum atomic E-state index is 5.89. The van der Waals surface area contributed by atoms with Crippen molar-refractivity contribution >= 4 is 40.4 Å². The molecular weight excluding hydrogens is 258 g/mol. The first-order chi connectivity index (χ1) is 7.65. The summed E-state index contributed by atoms with van der Waals surface area (Å²) in [6, 6.07) is 10.0. The fraction of sp³-hybridized carbons (Fsp3) is 0.167. The van der Waals surface area contributed by atoms with Crippen molar-refractivity contribution in [1.82, 2.24) is 0 Å². The molecule has 0 unspecified atom stereocenters. The molecule has 0 spiro atoms.